The van der Waals surface area contributed by atoms with Crippen molar-refractivity contribution < 1.29 is 4.74 Å². The predicted molar refractivity (Wildman–Crippen MR) is 79.5 cm³/mol. The third-order valence-electron chi connectivity index (χ3n) is 3.77. The zero-order valence-electron chi connectivity index (χ0n) is 12.0. The Morgan fingerprint density at radius 2 is 2.05 bits per heavy atom. The minimum absolute atomic E-state index is 0.685. The van der Waals surface area contributed by atoms with Crippen molar-refractivity contribution in [3.8, 4) is 5.75 Å². The molecule has 0 spiro atoms. The molecule has 0 aromatic heterocycles. The first-order valence-corrected chi connectivity index (χ1v) is 7.02. The zero-order chi connectivity index (χ0) is 13.7. The maximum Gasteiger partial charge on any atom is 0.119 e. The van der Waals surface area contributed by atoms with Crippen LogP contribution in [0.3, 0.4) is 0 Å². The number of rotatable bonds is 5. The Hall–Kier alpha value is -1.26. The maximum atomic E-state index is 5.75. The van der Waals surface area contributed by atoms with Crippen LogP contribution in [0, 0.1) is 0 Å². The number of anilines is 1. The van der Waals surface area contributed by atoms with Crippen LogP contribution >= 0.6 is 0 Å². The summed E-state index contributed by atoms with van der Waals surface area (Å²) in [6.45, 7) is 4.08. The van der Waals surface area contributed by atoms with Gasteiger partial charge in [-0.15, -0.1) is 0 Å². The van der Waals surface area contributed by atoms with E-state index in [0.29, 0.717) is 6.04 Å². The van der Waals surface area contributed by atoms with E-state index >= 15 is 0 Å². The van der Waals surface area contributed by atoms with Gasteiger partial charge in [-0.3, -0.25) is 4.90 Å². The Kier molecular flexibility index (Phi) is 5.05. The van der Waals surface area contributed by atoms with Gasteiger partial charge in [-0.2, -0.15) is 0 Å². The second-order valence-corrected chi connectivity index (χ2v) is 5.48. The zero-order valence-corrected chi connectivity index (χ0v) is 12.0. The van der Waals surface area contributed by atoms with E-state index < -0.39 is 0 Å². The SMILES string of the molecule is CN(C)C1CCCN(CCOc2ccc(N)cc2)C1. The number of nitrogens with zero attached hydrogens (tertiary/aromatic N) is 2. The van der Waals surface area contributed by atoms with Gasteiger partial charge in [0.2, 0.25) is 0 Å². The first-order chi connectivity index (χ1) is 9.15. The smallest absolute Gasteiger partial charge is 0.119 e. The van der Waals surface area contributed by atoms with Crippen LogP contribution in [0.15, 0.2) is 24.3 Å². The van der Waals surface area contributed by atoms with Gasteiger partial charge >= 0.3 is 0 Å². The van der Waals surface area contributed by atoms with Crippen molar-refractivity contribution in [3.63, 3.8) is 0 Å². The standard InChI is InChI=1S/C15H25N3O/c1-17(2)14-4-3-9-18(12-14)10-11-19-15-7-5-13(16)6-8-15/h5-8,14H,3-4,9-12,16H2,1-2H3. The van der Waals surface area contributed by atoms with Crippen molar-refractivity contribution in [2.24, 2.45) is 0 Å². The highest BCUT2D eigenvalue weighted by atomic mass is 16.5. The minimum Gasteiger partial charge on any atom is -0.492 e. The van der Waals surface area contributed by atoms with Gasteiger partial charge in [-0.1, -0.05) is 0 Å². The Labute approximate surface area is 116 Å². The molecule has 106 valence electrons. The fraction of sp³-hybridized carbons (Fsp3) is 0.600. The molecule has 1 heterocycles. The van der Waals surface area contributed by atoms with Crippen LogP contribution < -0.4 is 10.5 Å². The van der Waals surface area contributed by atoms with Crippen LogP contribution in [-0.2, 0) is 0 Å². The van der Waals surface area contributed by atoms with Crippen LogP contribution in [-0.4, -0.2) is 56.2 Å². The average molecular weight is 263 g/mol. The lowest BCUT2D eigenvalue weighted by molar-refractivity contribution is 0.117. The number of hydrogen-bond donors (Lipinski definition) is 1. The molecule has 0 bridgehead atoms. The van der Waals surface area contributed by atoms with Gasteiger partial charge in [-0.25, -0.2) is 0 Å². The van der Waals surface area contributed by atoms with Crippen molar-refractivity contribution in [2.75, 3.05) is 46.1 Å². The minimum atomic E-state index is 0.685. The summed E-state index contributed by atoms with van der Waals surface area (Å²) in [6, 6.07) is 8.28. The highest BCUT2D eigenvalue weighted by molar-refractivity contribution is 5.41. The highest BCUT2D eigenvalue weighted by Crippen LogP contribution is 2.15. The Morgan fingerprint density at radius 3 is 2.74 bits per heavy atom. The molecule has 4 heteroatoms. The predicted octanol–water partition coefficient (Wildman–Crippen LogP) is 1.67. The summed E-state index contributed by atoms with van der Waals surface area (Å²) < 4.78 is 5.75. The lowest BCUT2D eigenvalue weighted by atomic mass is 10.1. The van der Waals surface area contributed by atoms with Crippen LogP contribution in [0.4, 0.5) is 5.69 Å². The van der Waals surface area contributed by atoms with Crippen molar-refractivity contribution in [3.05, 3.63) is 24.3 Å². The van der Waals surface area contributed by atoms with E-state index in [1.165, 1.54) is 19.4 Å². The van der Waals surface area contributed by atoms with Gasteiger partial charge in [0.05, 0.1) is 0 Å². The quantitative estimate of drug-likeness (QED) is 0.821. The fourth-order valence-corrected chi connectivity index (χ4v) is 2.51. The molecule has 1 fully saturated rings. The summed E-state index contributed by atoms with van der Waals surface area (Å²) in [5, 5.41) is 0. The second kappa shape index (κ2) is 6.78. The molecule has 1 unspecified atom stereocenters. The molecule has 1 aliphatic rings. The van der Waals surface area contributed by atoms with Crippen LogP contribution in [0.2, 0.25) is 0 Å². The van der Waals surface area contributed by atoms with E-state index in [1.807, 2.05) is 24.3 Å². The van der Waals surface area contributed by atoms with Gasteiger partial charge in [-0.05, 0) is 57.7 Å². The molecule has 0 amide bonds. The third-order valence-corrected chi connectivity index (χ3v) is 3.77. The molecule has 0 radical (unpaired) electrons. The number of hydrogen-bond acceptors (Lipinski definition) is 4. The van der Waals surface area contributed by atoms with Crippen molar-refractivity contribution >= 4 is 5.69 Å². The summed E-state index contributed by atoms with van der Waals surface area (Å²) in [6.07, 6.45) is 2.59. The molecule has 0 aliphatic carbocycles. The molecule has 1 saturated heterocycles. The summed E-state index contributed by atoms with van der Waals surface area (Å²) in [5.74, 6) is 0.898. The number of piperidine rings is 1. The fourth-order valence-electron chi connectivity index (χ4n) is 2.51. The second-order valence-electron chi connectivity index (χ2n) is 5.48. The summed E-state index contributed by atoms with van der Waals surface area (Å²) in [4.78, 5) is 4.82. The molecule has 2 rings (SSSR count). The molecule has 19 heavy (non-hydrogen) atoms. The molecular weight excluding hydrogens is 238 g/mol. The summed E-state index contributed by atoms with van der Waals surface area (Å²) in [7, 11) is 4.33. The van der Waals surface area contributed by atoms with Crippen molar-refractivity contribution in [1.82, 2.24) is 9.80 Å². The number of benzene rings is 1. The van der Waals surface area contributed by atoms with Gasteiger partial charge in [0.15, 0.2) is 0 Å². The van der Waals surface area contributed by atoms with Crippen LogP contribution in [0.25, 0.3) is 0 Å². The van der Waals surface area contributed by atoms with Gasteiger partial charge < -0.3 is 15.4 Å². The van der Waals surface area contributed by atoms with E-state index in [1.54, 1.807) is 0 Å². The monoisotopic (exact) mass is 263 g/mol. The molecule has 1 aromatic rings. The Bertz CT molecular complexity index is 377. The lowest BCUT2D eigenvalue weighted by Gasteiger charge is -2.36. The van der Waals surface area contributed by atoms with Gasteiger partial charge in [0, 0.05) is 24.8 Å². The first-order valence-electron chi connectivity index (χ1n) is 7.02. The van der Waals surface area contributed by atoms with Crippen molar-refractivity contribution in [2.45, 2.75) is 18.9 Å². The third kappa shape index (κ3) is 4.40. The molecule has 1 aliphatic heterocycles. The Balaban J connectivity index is 1.72. The van der Waals surface area contributed by atoms with E-state index in [9.17, 15) is 0 Å². The number of likely N-dealkylation sites (N-methyl/N-ethyl adjacent to an activating group) is 1. The number of nitrogens with two attached hydrogens (primary N) is 1. The van der Waals surface area contributed by atoms with Gasteiger partial charge in [0.25, 0.3) is 0 Å². The van der Waals surface area contributed by atoms with E-state index in [0.717, 1.165) is 31.1 Å². The number of likely N-dealkylation sites (tertiary alicyclic amines) is 1. The summed E-state index contributed by atoms with van der Waals surface area (Å²) in [5.41, 5.74) is 6.42. The first kappa shape index (κ1) is 14.2. The van der Waals surface area contributed by atoms with Gasteiger partial charge in [0.1, 0.15) is 12.4 Å². The maximum absolute atomic E-state index is 5.75. The van der Waals surface area contributed by atoms with Crippen molar-refractivity contribution in [1.29, 1.82) is 0 Å². The van der Waals surface area contributed by atoms with E-state index in [4.69, 9.17) is 10.5 Å². The normalized spacial score (nSPS) is 20.7. The van der Waals surface area contributed by atoms with Crippen LogP contribution in [0.1, 0.15) is 12.8 Å². The molecule has 0 saturated carbocycles. The van der Waals surface area contributed by atoms with Crippen LogP contribution in [0.5, 0.6) is 5.75 Å². The summed E-state index contributed by atoms with van der Waals surface area (Å²) >= 11 is 0. The van der Waals surface area contributed by atoms with E-state index in [-0.39, 0.29) is 0 Å². The topological polar surface area (TPSA) is 41.7 Å². The average Bonchev–Trinajstić information content (AvgIpc) is 2.41. The molecule has 1 atom stereocenters. The molecule has 2 N–H and O–H groups in total. The number of nitrogen functional groups attached to an aromatic ring is 1. The highest BCUT2D eigenvalue weighted by Gasteiger charge is 2.20. The molecular formula is C15H25N3O. The molecule has 4 nitrogen and oxygen atoms in total. The Morgan fingerprint density at radius 1 is 1.32 bits per heavy atom. The van der Waals surface area contributed by atoms with E-state index in [2.05, 4.69) is 23.9 Å². The molecule has 1 aromatic carbocycles. The largest absolute Gasteiger partial charge is 0.492 e. The lowest BCUT2D eigenvalue weighted by Crippen LogP contribution is -2.46. The number of ether oxygens (including phenoxy) is 1.